The van der Waals surface area contributed by atoms with Crippen LogP contribution in [-0.4, -0.2) is 101 Å². The van der Waals surface area contributed by atoms with Crippen molar-refractivity contribution >= 4 is 23.7 Å². The first kappa shape index (κ1) is 36.3. The summed E-state index contributed by atoms with van der Waals surface area (Å²) in [4.78, 5) is 60.9. The second kappa shape index (κ2) is 16.6. The number of allylic oxidation sites excluding steroid dienone is 1. The number of hydrogen-bond donors (Lipinski definition) is 1. The number of esters is 1. The molecule has 0 saturated carbocycles. The normalized spacial score (nSPS) is 25.6. The van der Waals surface area contributed by atoms with E-state index in [9.17, 15) is 24.3 Å². The van der Waals surface area contributed by atoms with Crippen LogP contribution in [-0.2, 0) is 28.7 Å². The lowest BCUT2D eigenvalue weighted by Gasteiger charge is -2.37. The van der Waals surface area contributed by atoms with E-state index in [1.54, 1.807) is 33.9 Å². The summed E-state index contributed by atoms with van der Waals surface area (Å²) in [5.41, 5.74) is -0.406. The summed E-state index contributed by atoms with van der Waals surface area (Å²) in [6.45, 7) is 12.7. The number of carbonyl (C=O) groups is 4. The largest absolute Gasteiger partial charge is 0.455 e. The molecular formula is C37H53N3O7. The van der Waals surface area contributed by atoms with Crippen LogP contribution in [0.25, 0.3) is 0 Å². The van der Waals surface area contributed by atoms with Crippen molar-refractivity contribution in [2.24, 2.45) is 11.8 Å². The van der Waals surface area contributed by atoms with Gasteiger partial charge in [-0.25, -0.2) is 0 Å². The number of likely N-dealkylation sites (tertiary alicyclic amines) is 1. The summed E-state index contributed by atoms with van der Waals surface area (Å²) in [6.07, 6.45) is 7.71. The van der Waals surface area contributed by atoms with E-state index in [-0.39, 0.29) is 30.9 Å². The number of benzene rings is 1. The fraction of sp³-hybridized carbons (Fsp3) is 0.622. The zero-order valence-electron chi connectivity index (χ0n) is 28.4. The lowest BCUT2D eigenvalue weighted by Crippen LogP contribution is -2.56. The van der Waals surface area contributed by atoms with Gasteiger partial charge in [-0.2, -0.15) is 0 Å². The Hall–Kier alpha value is -3.50. The number of unbranched alkanes of at least 4 members (excludes halogenated alkanes) is 3. The number of ether oxygens (including phenoxy) is 2. The fourth-order valence-electron chi connectivity index (χ4n) is 7.63. The first-order chi connectivity index (χ1) is 22.7. The number of aliphatic hydroxyl groups is 1. The van der Waals surface area contributed by atoms with Crippen LogP contribution >= 0.6 is 0 Å². The van der Waals surface area contributed by atoms with Crippen LogP contribution in [0.1, 0.15) is 83.3 Å². The molecule has 1 aromatic rings. The quantitative estimate of drug-likeness (QED) is 0.134. The number of hydrogen-bond acceptors (Lipinski definition) is 7. The molecule has 0 aliphatic carbocycles. The second-order valence-electron chi connectivity index (χ2n) is 13.1. The second-order valence-corrected chi connectivity index (χ2v) is 13.1. The van der Waals surface area contributed by atoms with Crippen LogP contribution in [0.4, 0.5) is 0 Å². The van der Waals surface area contributed by atoms with E-state index in [2.05, 4.69) is 20.1 Å². The van der Waals surface area contributed by atoms with Gasteiger partial charge in [-0.3, -0.25) is 19.2 Å². The fourth-order valence-corrected chi connectivity index (χ4v) is 7.63. The number of amides is 3. The third-order valence-corrected chi connectivity index (χ3v) is 10.2. The maximum atomic E-state index is 14.4. The summed E-state index contributed by atoms with van der Waals surface area (Å²) < 4.78 is 12.9. The minimum atomic E-state index is -1.14. The zero-order chi connectivity index (χ0) is 34.1. The van der Waals surface area contributed by atoms with Crippen molar-refractivity contribution in [2.45, 2.75) is 102 Å². The van der Waals surface area contributed by atoms with E-state index in [0.29, 0.717) is 51.6 Å². The molecule has 2 bridgehead atoms. The number of fused-ring (bicyclic) bond motifs is 1. The van der Waals surface area contributed by atoms with Crippen LogP contribution in [0.15, 0.2) is 55.6 Å². The predicted molar refractivity (Wildman–Crippen MR) is 179 cm³/mol. The maximum absolute atomic E-state index is 14.4. The number of carbonyl (C=O) groups excluding carboxylic acids is 4. The Morgan fingerprint density at radius 1 is 1.15 bits per heavy atom. The van der Waals surface area contributed by atoms with E-state index in [4.69, 9.17) is 9.47 Å². The van der Waals surface area contributed by atoms with Crippen LogP contribution in [0.5, 0.6) is 0 Å². The van der Waals surface area contributed by atoms with Gasteiger partial charge >= 0.3 is 5.97 Å². The lowest BCUT2D eigenvalue weighted by molar-refractivity contribution is -0.164. The molecule has 3 fully saturated rings. The molecule has 0 unspecified atom stereocenters. The highest BCUT2D eigenvalue weighted by Gasteiger charge is 2.75. The minimum absolute atomic E-state index is 0.0219. The molecule has 3 saturated heterocycles. The molecule has 7 atom stereocenters. The van der Waals surface area contributed by atoms with E-state index in [1.807, 2.05) is 37.3 Å². The molecule has 3 heterocycles. The zero-order valence-corrected chi connectivity index (χ0v) is 28.4. The van der Waals surface area contributed by atoms with E-state index < -0.39 is 47.7 Å². The highest BCUT2D eigenvalue weighted by atomic mass is 16.6. The van der Waals surface area contributed by atoms with Crippen LogP contribution in [0.2, 0.25) is 0 Å². The van der Waals surface area contributed by atoms with Crippen molar-refractivity contribution in [3.8, 4) is 0 Å². The Bertz CT molecular complexity index is 1270. The first-order valence-corrected chi connectivity index (χ1v) is 17.3. The molecule has 258 valence electrons. The number of nitrogens with zero attached hydrogens (tertiary/aromatic N) is 3. The molecule has 3 aliphatic rings. The standard InChI is InChI=1S/C37H53N3O7/c1-6-9-14-23-39(22-8-3)35(44)33-37-21-20-28(47-37)30(31(37)34(43)40(33)24-15-16-25-41)36(45)46-32(27-17-12-11-13-18-27)26(4)38(5)29(42)19-10-7-2/h7-8,11-13,17-18,26,28,30-33,41H,2-3,6,9-10,14-16,19-25H2,1,4-5H3/t26-,28+,30-,31-,32+,33+,37-/m0/s1. The molecule has 1 aromatic carbocycles. The smallest absolute Gasteiger partial charge is 0.313 e. The molecule has 10 heteroatoms. The third-order valence-electron chi connectivity index (χ3n) is 10.2. The summed E-state index contributed by atoms with van der Waals surface area (Å²) in [7, 11) is 1.70. The van der Waals surface area contributed by atoms with E-state index >= 15 is 0 Å². The monoisotopic (exact) mass is 651 g/mol. The van der Waals surface area contributed by atoms with Gasteiger partial charge in [-0.05, 0) is 51.0 Å². The maximum Gasteiger partial charge on any atom is 0.313 e. The van der Waals surface area contributed by atoms with Crippen molar-refractivity contribution in [3.63, 3.8) is 0 Å². The third kappa shape index (κ3) is 7.49. The van der Waals surface area contributed by atoms with Gasteiger partial charge in [0.05, 0.1) is 24.0 Å². The molecule has 0 aromatic heterocycles. The SMILES string of the molecule is C=CCCC(=O)N(C)[C@@H](C)[C@@H](OC(=O)[C@@H]1[C@H]2C(=O)N(CCCCO)[C@H](C(=O)N(CC=C)CCCCC)[C@]23CC[C@H]1O3)c1ccccc1. The molecule has 4 rings (SSSR count). The van der Waals surface area contributed by atoms with Crippen molar-refractivity contribution in [2.75, 3.05) is 33.3 Å². The highest BCUT2D eigenvalue weighted by Crippen LogP contribution is 2.59. The average molecular weight is 652 g/mol. The van der Waals surface area contributed by atoms with Gasteiger partial charge in [0.15, 0.2) is 0 Å². The number of likely N-dealkylation sites (N-methyl/N-ethyl adjacent to an activating group) is 1. The average Bonchev–Trinajstić information content (AvgIpc) is 3.72. The molecule has 1 N–H and O–H groups in total. The molecule has 10 nitrogen and oxygen atoms in total. The van der Waals surface area contributed by atoms with Crippen molar-refractivity contribution in [1.82, 2.24) is 14.7 Å². The van der Waals surface area contributed by atoms with E-state index in [0.717, 1.165) is 24.8 Å². The minimum Gasteiger partial charge on any atom is -0.455 e. The van der Waals surface area contributed by atoms with Gasteiger partial charge in [0.2, 0.25) is 17.7 Å². The van der Waals surface area contributed by atoms with Gasteiger partial charge in [0.1, 0.15) is 17.7 Å². The Balaban J connectivity index is 1.65. The molecule has 1 spiro atoms. The van der Waals surface area contributed by atoms with Crippen LogP contribution < -0.4 is 0 Å². The van der Waals surface area contributed by atoms with Crippen molar-refractivity contribution < 1.29 is 33.8 Å². The summed E-state index contributed by atoms with van der Waals surface area (Å²) in [5, 5.41) is 9.47. The number of aliphatic hydroxyl groups excluding tert-OH is 1. The summed E-state index contributed by atoms with van der Waals surface area (Å²) >= 11 is 0. The Kier molecular flexibility index (Phi) is 12.8. The number of rotatable bonds is 19. The topological polar surface area (TPSA) is 117 Å². The molecule has 0 radical (unpaired) electrons. The molecule has 3 amide bonds. The highest BCUT2D eigenvalue weighted by molar-refractivity contribution is 5.98. The first-order valence-electron chi connectivity index (χ1n) is 17.3. The van der Waals surface area contributed by atoms with Gasteiger partial charge in [-0.1, -0.05) is 62.2 Å². The molecule has 3 aliphatic heterocycles. The lowest BCUT2D eigenvalue weighted by atomic mass is 9.70. The van der Waals surface area contributed by atoms with Gasteiger partial charge < -0.3 is 29.3 Å². The van der Waals surface area contributed by atoms with Crippen LogP contribution in [0.3, 0.4) is 0 Å². The molecular weight excluding hydrogens is 598 g/mol. The summed E-state index contributed by atoms with van der Waals surface area (Å²) in [6, 6.07) is 7.94. The molecule has 47 heavy (non-hydrogen) atoms. The van der Waals surface area contributed by atoms with Crippen molar-refractivity contribution in [1.29, 1.82) is 0 Å². The predicted octanol–water partition coefficient (Wildman–Crippen LogP) is 4.44. The Morgan fingerprint density at radius 2 is 1.89 bits per heavy atom. The summed E-state index contributed by atoms with van der Waals surface area (Å²) in [5.74, 6) is -2.87. The van der Waals surface area contributed by atoms with Gasteiger partial charge in [-0.15, -0.1) is 13.2 Å². The van der Waals surface area contributed by atoms with Crippen LogP contribution in [0, 0.1) is 11.8 Å². The van der Waals surface area contributed by atoms with Crippen molar-refractivity contribution in [3.05, 3.63) is 61.2 Å². The Labute approximate surface area is 279 Å². The van der Waals surface area contributed by atoms with E-state index in [1.165, 1.54) is 0 Å². The van der Waals surface area contributed by atoms with Gasteiger partial charge in [0.25, 0.3) is 0 Å². The van der Waals surface area contributed by atoms with Gasteiger partial charge in [0, 0.05) is 39.7 Å². The Morgan fingerprint density at radius 3 is 2.55 bits per heavy atom.